The van der Waals surface area contributed by atoms with Crippen molar-refractivity contribution in [3.63, 3.8) is 0 Å². The predicted octanol–water partition coefficient (Wildman–Crippen LogP) is 4.71. The summed E-state index contributed by atoms with van der Waals surface area (Å²) in [5.41, 5.74) is 6.81. The summed E-state index contributed by atoms with van der Waals surface area (Å²) >= 11 is 8.74. The number of halogens is 4. The summed E-state index contributed by atoms with van der Waals surface area (Å²) in [4.78, 5) is 0. The molecular formula is C12H8BrClF2N2. The van der Waals surface area contributed by atoms with Gasteiger partial charge in [0.1, 0.15) is 11.6 Å². The van der Waals surface area contributed by atoms with Crippen molar-refractivity contribution in [1.82, 2.24) is 0 Å². The van der Waals surface area contributed by atoms with Gasteiger partial charge in [-0.1, -0.05) is 11.6 Å². The largest absolute Gasteiger partial charge is 0.397 e. The van der Waals surface area contributed by atoms with Gasteiger partial charge in [0.25, 0.3) is 0 Å². The zero-order chi connectivity index (χ0) is 13.3. The standard InChI is InChI=1S/C12H8BrClF2N2/c13-9-4-11(17)12(5-10(9)16)18-8-2-6(14)1-7(15)3-8/h1-5,18H,17H2. The van der Waals surface area contributed by atoms with E-state index in [1.165, 1.54) is 30.3 Å². The van der Waals surface area contributed by atoms with E-state index in [1.807, 2.05) is 0 Å². The SMILES string of the molecule is Nc1cc(Br)c(F)cc1Nc1cc(F)cc(Cl)c1. The number of hydrogen-bond acceptors (Lipinski definition) is 2. The highest BCUT2D eigenvalue weighted by atomic mass is 79.9. The molecule has 2 rings (SSSR count). The molecule has 6 heteroatoms. The van der Waals surface area contributed by atoms with Gasteiger partial charge in [0.05, 0.1) is 15.8 Å². The van der Waals surface area contributed by atoms with Gasteiger partial charge in [-0.15, -0.1) is 0 Å². The maximum atomic E-state index is 13.4. The summed E-state index contributed by atoms with van der Waals surface area (Å²) in [5.74, 6) is -0.949. The van der Waals surface area contributed by atoms with Crippen LogP contribution in [0.4, 0.5) is 25.8 Å². The quantitative estimate of drug-likeness (QED) is 0.781. The molecule has 0 saturated heterocycles. The van der Waals surface area contributed by atoms with Gasteiger partial charge in [-0.3, -0.25) is 0 Å². The maximum absolute atomic E-state index is 13.4. The van der Waals surface area contributed by atoms with Crippen LogP contribution in [0.5, 0.6) is 0 Å². The van der Waals surface area contributed by atoms with Crippen molar-refractivity contribution < 1.29 is 8.78 Å². The second-order valence-corrected chi connectivity index (χ2v) is 4.93. The lowest BCUT2D eigenvalue weighted by Gasteiger charge is -2.10. The van der Waals surface area contributed by atoms with E-state index in [1.54, 1.807) is 0 Å². The van der Waals surface area contributed by atoms with Crippen molar-refractivity contribution in [2.75, 3.05) is 11.1 Å². The van der Waals surface area contributed by atoms with Crippen molar-refractivity contribution in [1.29, 1.82) is 0 Å². The smallest absolute Gasteiger partial charge is 0.139 e. The zero-order valence-corrected chi connectivity index (χ0v) is 11.3. The topological polar surface area (TPSA) is 38.0 Å². The molecule has 0 aliphatic rings. The third kappa shape index (κ3) is 2.91. The Balaban J connectivity index is 2.36. The molecule has 18 heavy (non-hydrogen) atoms. The molecule has 0 bridgehead atoms. The summed E-state index contributed by atoms with van der Waals surface area (Å²) in [7, 11) is 0. The second kappa shape index (κ2) is 5.12. The van der Waals surface area contributed by atoms with Crippen molar-refractivity contribution in [3.05, 3.63) is 51.5 Å². The molecule has 2 aromatic carbocycles. The first-order valence-corrected chi connectivity index (χ1v) is 6.10. The number of rotatable bonds is 2. The number of anilines is 3. The molecule has 0 saturated carbocycles. The molecule has 0 radical (unpaired) electrons. The Morgan fingerprint density at radius 3 is 2.50 bits per heavy atom. The van der Waals surface area contributed by atoms with Crippen LogP contribution in [0.15, 0.2) is 34.8 Å². The summed E-state index contributed by atoms with van der Waals surface area (Å²) < 4.78 is 26.8. The fourth-order valence-corrected chi connectivity index (χ4v) is 2.03. The van der Waals surface area contributed by atoms with Gasteiger partial charge in [0.15, 0.2) is 0 Å². The van der Waals surface area contributed by atoms with Gasteiger partial charge >= 0.3 is 0 Å². The van der Waals surface area contributed by atoms with Gasteiger partial charge in [-0.05, 0) is 40.2 Å². The Morgan fingerprint density at radius 2 is 1.83 bits per heavy atom. The molecule has 3 N–H and O–H groups in total. The van der Waals surface area contributed by atoms with E-state index in [4.69, 9.17) is 17.3 Å². The van der Waals surface area contributed by atoms with Crippen LogP contribution < -0.4 is 11.1 Å². The average molecular weight is 334 g/mol. The Kier molecular flexibility index (Phi) is 3.73. The third-order valence-electron chi connectivity index (χ3n) is 2.23. The predicted molar refractivity (Wildman–Crippen MR) is 73.2 cm³/mol. The first-order chi connectivity index (χ1) is 8.45. The number of benzene rings is 2. The van der Waals surface area contributed by atoms with Gasteiger partial charge in [0, 0.05) is 16.8 Å². The highest BCUT2D eigenvalue weighted by Crippen LogP contribution is 2.30. The molecule has 0 atom stereocenters. The van der Waals surface area contributed by atoms with E-state index < -0.39 is 11.6 Å². The zero-order valence-electron chi connectivity index (χ0n) is 8.98. The van der Waals surface area contributed by atoms with Crippen LogP contribution in [-0.2, 0) is 0 Å². The molecule has 0 spiro atoms. The summed E-state index contributed by atoms with van der Waals surface area (Å²) in [6, 6.07) is 6.59. The van der Waals surface area contributed by atoms with Crippen LogP contribution >= 0.6 is 27.5 Å². The van der Waals surface area contributed by atoms with Crippen LogP contribution in [0.3, 0.4) is 0 Å². The molecule has 0 fully saturated rings. The molecule has 0 aliphatic carbocycles. The van der Waals surface area contributed by atoms with Crippen molar-refractivity contribution >= 4 is 44.6 Å². The molecule has 2 aromatic rings. The summed E-state index contributed by atoms with van der Waals surface area (Å²) in [6.07, 6.45) is 0. The van der Waals surface area contributed by atoms with Crippen molar-refractivity contribution in [2.45, 2.75) is 0 Å². The Hall–Kier alpha value is -1.33. The summed E-state index contributed by atoms with van der Waals surface area (Å²) in [6.45, 7) is 0. The lowest BCUT2D eigenvalue weighted by molar-refractivity contribution is 0.622. The van der Waals surface area contributed by atoms with Crippen LogP contribution in [0.25, 0.3) is 0 Å². The fourth-order valence-electron chi connectivity index (χ4n) is 1.45. The number of nitrogens with one attached hydrogen (secondary N) is 1. The molecule has 2 nitrogen and oxygen atoms in total. The minimum atomic E-state index is -0.485. The molecule has 0 aliphatic heterocycles. The van der Waals surface area contributed by atoms with Gasteiger partial charge in [0.2, 0.25) is 0 Å². The maximum Gasteiger partial charge on any atom is 0.139 e. The van der Waals surface area contributed by atoms with Crippen molar-refractivity contribution in [2.24, 2.45) is 0 Å². The van der Waals surface area contributed by atoms with E-state index in [0.29, 0.717) is 17.1 Å². The van der Waals surface area contributed by atoms with Crippen LogP contribution in [0.1, 0.15) is 0 Å². The van der Waals surface area contributed by atoms with Crippen molar-refractivity contribution in [3.8, 4) is 0 Å². The van der Waals surface area contributed by atoms with Crippen LogP contribution in [0.2, 0.25) is 5.02 Å². The average Bonchev–Trinajstić information content (AvgIpc) is 2.24. The molecular weight excluding hydrogens is 325 g/mol. The Morgan fingerprint density at radius 1 is 1.11 bits per heavy atom. The number of nitrogen functional groups attached to an aromatic ring is 1. The summed E-state index contributed by atoms with van der Waals surface area (Å²) in [5, 5.41) is 3.06. The van der Waals surface area contributed by atoms with Crippen LogP contribution in [-0.4, -0.2) is 0 Å². The monoisotopic (exact) mass is 332 g/mol. The number of hydrogen-bond donors (Lipinski definition) is 2. The lowest BCUT2D eigenvalue weighted by Crippen LogP contribution is -1.98. The Bertz CT molecular complexity index is 585. The Labute approximate surface area is 116 Å². The number of nitrogens with two attached hydrogens (primary N) is 1. The molecule has 0 aromatic heterocycles. The van der Waals surface area contributed by atoms with E-state index in [2.05, 4.69) is 21.2 Å². The van der Waals surface area contributed by atoms with Crippen LogP contribution in [0, 0.1) is 11.6 Å². The van der Waals surface area contributed by atoms with E-state index in [0.717, 1.165) is 0 Å². The highest BCUT2D eigenvalue weighted by Gasteiger charge is 2.07. The first-order valence-electron chi connectivity index (χ1n) is 4.93. The fraction of sp³-hybridized carbons (Fsp3) is 0. The van der Waals surface area contributed by atoms with Gasteiger partial charge in [-0.2, -0.15) is 0 Å². The third-order valence-corrected chi connectivity index (χ3v) is 3.06. The highest BCUT2D eigenvalue weighted by molar-refractivity contribution is 9.10. The molecule has 0 heterocycles. The first kappa shape index (κ1) is 13.1. The van der Waals surface area contributed by atoms with E-state index >= 15 is 0 Å². The van der Waals surface area contributed by atoms with E-state index in [9.17, 15) is 8.78 Å². The lowest BCUT2D eigenvalue weighted by atomic mass is 10.2. The van der Waals surface area contributed by atoms with Gasteiger partial charge < -0.3 is 11.1 Å². The molecule has 0 amide bonds. The molecule has 94 valence electrons. The normalized spacial score (nSPS) is 10.4. The van der Waals surface area contributed by atoms with E-state index in [-0.39, 0.29) is 9.50 Å². The van der Waals surface area contributed by atoms with Gasteiger partial charge in [-0.25, -0.2) is 8.78 Å². The minimum absolute atomic E-state index is 0.244. The molecule has 0 unspecified atom stereocenters. The minimum Gasteiger partial charge on any atom is -0.397 e. The second-order valence-electron chi connectivity index (χ2n) is 3.64.